The third kappa shape index (κ3) is 4.54. The van der Waals surface area contributed by atoms with Gasteiger partial charge in [0.25, 0.3) is 5.91 Å². The summed E-state index contributed by atoms with van der Waals surface area (Å²) in [7, 11) is 0. The molecule has 7 heteroatoms. The molecule has 27 heavy (non-hydrogen) atoms. The van der Waals surface area contributed by atoms with Crippen molar-refractivity contribution in [3.05, 3.63) is 47.5 Å². The van der Waals surface area contributed by atoms with Crippen molar-refractivity contribution in [1.82, 2.24) is 20.0 Å². The molecule has 0 radical (unpaired) electrons. The van der Waals surface area contributed by atoms with Gasteiger partial charge in [0, 0.05) is 25.7 Å². The minimum atomic E-state index is -0.302. The summed E-state index contributed by atoms with van der Waals surface area (Å²) in [4.78, 5) is 15.1. The number of carbonyl (C=O) groups excluding carboxylic acids is 1. The molecule has 0 saturated carbocycles. The number of rotatable bonds is 6. The first-order chi connectivity index (χ1) is 13.0. The highest BCUT2D eigenvalue weighted by atomic mass is 19.1. The van der Waals surface area contributed by atoms with Crippen molar-refractivity contribution in [2.45, 2.75) is 26.8 Å². The number of carbonyl (C=O) groups is 1. The Kier molecular flexibility index (Phi) is 6.23. The lowest BCUT2D eigenvalue weighted by Gasteiger charge is -2.36. The Morgan fingerprint density at radius 3 is 2.56 bits per heavy atom. The van der Waals surface area contributed by atoms with Crippen LogP contribution >= 0.6 is 0 Å². The van der Waals surface area contributed by atoms with E-state index in [1.165, 1.54) is 12.1 Å². The topological polar surface area (TPSA) is 59.4 Å². The molecule has 1 saturated heterocycles. The van der Waals surface area contributed by atoms with E-state index in [4.69, 9.17) is 4.74 Å². The van der Waals surface area contributed by atoms with Crippen molar-refractivity contribution in [2.75, 3.05) is 32.8 Å². The largest absolute Gasteiger partial charge is 0.379 e. The Morgan fingerprint density at radius 1 is 1.26 bits per heavy atom. The molecule has 0 bridgehead atoms. The number of ether oxygens (including phenoxy) is 1. The third-order valence-electron chi connectivity index (χ3n) is 5.08. The fraction of sp³-hybridized carbons (Fsp3) is 0.500. The van der Waals surface area contributed by atoms with Crippen LogP contribution in [0, 0.1) is 18.7 Å². The Hall–Kier alpha value is -2.25. The van der Waals surface area contributed by atoms with Gasteiger partial charge in [-0.15, -0.1) is 0 Å². The lowest BCUT2D eigenvalue weighted by molar-refractivity contribution is 0.00672. The lowest BCUT2D eigenvalue weighted by atomic mass is 10.0. The molecule has 1 aromatic heterocycles. The maximum absolute atomic E-state index is 13.1. The standard InChI is InChI=1S/C20H27FN4O2/c1-14(2)19(24-8-10-27-11-9-24)13-22-20(26)18-12-23-25(15(18)3)17-6-4-16(21)5-7-17/h4-7,12,14,19H,8-11,13H2,1-3H3,(H,22,26). The first kappa shape index (κ1) is 19.5. The van der Waals surface area contributed by atoms with Gasteiger partial charge in [-0.2, -0.15) is 5.10 Å². The predicted molar refractivity (Wildman–Crippen MR) is 102 cm³/mol. The lowest BCUT2D eigenvalue weighted by Crippen LogP contribution is -2.51. The van der Waals surface area contributed by atoms with Crippen molar-refractivity contribution >= 4 is 5.91 Å². The molecular formula is C20H27FN4O2. The maximum atomic E-state index is 13.1. The number of morpholine rings is 1. The highest BCUT2D eigenvalue weighted by Crippen LogP contribution is 2.16. The molecule has 2 heterocycles. The summed E-state index contributed by atoms with van der Waals surface area (Å²) in [6.45, 7) is 10.0. The molecule has 3 rings (SSSR count). The SMILES string of the molecule is Cc1c(C(=O)NCC(C(C)C)N2CCOCC2)cnn1-c1ccc(F)cc1. The molecule has 1 aromatic carbocycles. The number of nitrogens with one attached hydrogen (secondary N) is 1. The van der Waals surface area contributed by atoms with E-state index in [0.717, 1.165) is 37.7 Å². The van der Waals surface area contributed by atoms with Gasteiger partial charge in [-0.25, -0.2) is 9.07 Å². The summed E-state index contributed by atoms with van der Waals surface area (Å²) in [5, 5.41) is 7.35. The fourth-order valence-corrected chi connectivity index (χ4v) is 3.46. The van der Waals surface area contributed by atoms with Crippen LogP contribution < -0.4 is 5.32 Å². The summed E-state index contributed by atoms with van der Waals surface area (Å²) in [6, 6.07) is 6.32. The fourth-order valence-electron chi connectivity index (χ4n) is 3.46. The Bertz CT molecular complexity index is 767. The van der Waals surface area contributed by atoms with Gasteiger partial charge in [-0.05, 0) is 37.1 Å². The molecule has 1 aliphatic heterocycles. The first-order valence-corrected chi connectivity index (χ1v) is 9.38. The van der Waals surface area contributed by atoms with Crippen molar-refractivity contribution in [1.29, 1.82) is 0 Å². The van der Waals surface area contributed by atoms with Gasteiger partial charge in [0.15, 0.2) is 0 Å². The van der Waals surface area contributed by atoms with E-state index in [9.17, 15) is 9.18 Å². The maximum Gasteiger partial charge on any atom is 0.254 e. The van der Waals surface area contributed by atoms with E-state index in [-0.39, 0.29) is 17.8 Å². The minimum absolute atomic E-state index is 0.139. The zero-order valence-electron chi connectivity index (χ0n) is 16.1. The molecule has 1 unspecified atom stereocenters. The molecular weight excluding hydrogens is 347 g/mol. The predicted octanol–water partition coefficient (Wildman–Crippen LogP) is 2.41. The number of nitrogens with zero attached hydrogens (tertiary/aromatic N) is 3. The Balaban J connectivity index is 1.68. The second kappa shape index (κ2) is 8.63. The van der Waals surface area contributed by atoms with Gasteiger partial charge in [-0.1, -0.05) is 13.8 Å². The molecule has 1 fully saturated rings. The van der Waals surface area contributed by atoms with Crippen LogP contribution in [0.2, 0.25) is 0 Å². The van der Waals surface area contributed by atoms with Gasteiger partial charge < -0.3 is 10.1 Å². The van der Waals surface area contributed by atoms with Gasteiger partial charge in [0.05, 0.1) is 36.4 Å². The molecule has 1 amide bonds. The van der Waals surface area contributed by atoms with Gasteiger partial charge in [0.1, 0.15) is 5.82 Å². The molecule has 1 aliphatic rings. The second-order valence-electron chi connectivity index (χ2n) is 7.20. The third-order valence-corrected chi connectivity index (χ3v) is 5.08. The van der Waals surface area contributed by atoms with Gasteiger partial charge >= 0.3 is 0 Å². The van der Waals surface area contributed by atoms with E-state index in [0.29, 0.717) is 18.0 Å². The molecule has 146 valence electrons. The van der Waals surface area contributed by atoms with E-state index in [1.807, 2.05) is 6.92 Å². The molecule has 0 spiro atoms. The van der Waals surface area contributed by atoms with E-state index < -0.39 is 0 Å². The smallest absolute Gasteiger partial charge is 0.254 e. The Labute approximate surface area is 159 Å². The zero-order chi connectivity index (χ0) is 19.4. The number of hydrogen-bond acceptors (Lipinski definition) is 4. The van der Waals surface area contributed by atoms with Gasteiger partial charge in [0.2, 0.25) is 0 Å². The summed E-state index contributed by atoms with van der Waals surface area (Å²) in [6.07, 6.45) is 1.56. The van der Waals surface area contributed by atoms with Crippen LogP contribution in [0.15, 0.2) is 30.5 Å². The molecule has 0 aliphatic carbocycles. The average Bonchev–Trinajstić information content (AvgIpc) is 3.04. The van der Waals surface area contributed by atoms with Crippen LogP contribution in [0.4, 0.5) is 4.39 Å². The second-order valence-corrected chi connectivity index (χ2v) is 7.20. The number of aromatic nitrogens is 2. The number of amides is 1. The first-order valence-electron chi connectivity index (χ1n) is 9.38. The van der Waals surface area contributed by atoms with Crippen LogP contribution in [0.1, 0.15) is 29.9 Å². The van der Waals surface area contributed by atoms with Crippen LogP contribution in [-0.2, 0) is 4.74 Å². The summed E-state index contributed by atoms with van der Waals surface area (Å²) in [5.74, 6) is -0.0180. The highest BCUT2D eigenvalue weighted by molar-refractivity contribution is 5.95. The van der Waals surface area contributed by atoms with Crippen molar-refractivity contribution in [2.24, 2.45) is 5.92 Å². The molecule has 6 nitrogen and oxygen atoms in total. The molecule has 2 aromatic rings. The minimum Gasteiger partial charge on any atom is -0.379 e. The molecule has 1 N–H and O–H groups in total. The highest BCUT2D eigenvalue weighted by Gasteiger charge is 2.25. The number of hydrogen-bond donors (Lipinski definition) is 1. The van der Waals surface area contributed by atoms with Crippen molar-refractivity contribution in [3.8, 4) is 5.69 Å². The van der Waals surface area contributed by atoms with Crippen LogP contribution in [0.25, 0.3) is 5.69 Å². The van der Waals surface area contributed by atoms with E-state index >= 15 is 0 Å². The summed E-state index contributed by atoms with van der Waals surface area (Å²) in [5.41, 5.74) is 1.98. The van der Waals surface area contributed by atoms with E-state index in [1.54, 1.807) is 23.0 Å². The molecule has 1 atom stereocenters. The van der Waals surface area contributed by atoms with E-state index in [2.05, 4.69) is 29.2 Å². The normalized spacial score (nSPS) is 16.5. The summed E-state index contributed by atoms with van der Waals surface area (Å²) < 4.78 is 20.2. The van der Waals surface area contributed by atoms with Crippen molar-refractivity contribution < 1.29 is 13.9 Å². The monoisotopic (exact) mass is 374 g/mol. The van der Waals surface area contributed by atoms with Gasteiger partial charge in [-0.3, -0.25) is 9.69 Å². The number of halogens is 1. The zero-order valence-corrected chi connectivity index (χ0v) is 16.1. The van der Waals surface area contributed by atoms with Crippen LogP contribution in [0.3, 0.4) is 0 Å². The quantitative estimate of drug-likeness (QED) is 0.844. The van der Waals surface area contributed by atoms with Crippen LogP contribution in [-0.4, -0.2) is 59.5 Å². The van der Waals surface area contributed by atoms with Crippen LogP contribution in [0.5, 0.6) is 0 Å². The average molecular weight is 374 g/mol. The summed E-state index contributed by atoms with van der Waals surface area (Å²) >= 11 is 0. The van der Waals surface area contributed by atoms with Crippen molar-refractivity contribution in [3.63, 3.8) is 0 Å². The number of benzene rings is 1. The Morgan fingerprint density at radius 2 is 1.93 bits per heavy atom.